The van der Waals surface area contributed by atoms with Crippen LogP contribution in [0.3, 0.4) is 0 Å². The lowest BCUT2D eigenvalue weighted by atomic mass is 10.1. The van der Waals surface area contributed by atoms with Gasteiger partial charge in [-0.15, -0.1) is 0 Å². The van der Waals surface area contributed by atoms with E-state index in [-0.39, 0.29) is 11.8 Å². The Balaban J connectivity index is 1.71. The average molecular weight is 238 g/mol. The Kier molecular flexibility index (Phi) is 3.49. The summed E-state index contributed by atoms with van der Waals surface area (Å²) in [7, 11) is 0. The molecule has 1 aliphatic rings. The zero-order valence-corrected chi connectivity index (χ0v) is 10.1. The SMILES string of the molecule is C[C@@H]1C[C@@H]1C(=O)NCCc1ccc(Cl)cc1. The molecule has 0 unspecified atom stereocenters. The van der Waals surface area contributed by atoms with E-state index in [1.807, 2.05) is 24.3 Å². The summed E-state index contributed by atoms with van der Waals surface area (Å²) in [6, 6.07) is 7.74. The van der Waals surface area contributed by atoms with Crippen LogP contribution in [0.5, 0.6) is 0 Å². The predicted molar refractivity (Wildman–Crippen MR) is 65.4 cm³/mol. The smallest absolute Gasteiger partial charge is 0.223 e. The molecule has 86 valence electrons. The molecule has 1 fully saturated rings. The summed E-state index contributed by atoms with van der Waals surface area (Å²) >= 11 is 5.79. The first-order chi connectivity index (χ1) is 7.66. The number of carbonyl (C=O) groups excluding carboxylic acids is 1. The Bertz CT molecular complexity index is 374. The van der Waals surface area contributed by atoms with Crippen LogP contribution < -0.4 is 5.32 Å². The van der Waals surface area contributed by atoms with Gasteiger partial charge in [0, 0.05) is 17.5 Å². The molecule has 0 radical (unpaired) electrons. The number of amides is 1. The van der Waals surface area contributed by atoms with Crippen molar-refractivity contribution in [2.24, 2.45) is 11.8 Å². The van der Waals surface area contributed by atoms with Crippen LogP contribution in [0.2, 0.25) is 5.02 Å². The van der Waals surface area contributed by atoms with Crippen molar-refractivity contribution in [1.29, 1.82) is 0 Å². The summed E-state index contributed by atoms with van der Waals surface area (Å²) < 4.78 is 0. The van der Waals surface area contributed by atoms with Gasteiger partial charge in [-0.05, 0) is 36.5 Å². The van der Waals surface area contributed by atoms with Crippen molar-refractivity contribution < 1.29 is 4.79 Å². The minimum atomic E-state index is 0.210. The monoisotopic (exact) mass is 237 g/mol. The minimum Gasteiger partial charge on any atom is -0.356 e. The third kappa shape index (κ3) is 2.99. The van der Waals surface area contributed by atoms with Crippen LogP contribution in [-0.2, 0) is 11.2 Å². The van der Waals surface area contributed by atoms with Crippen molar-refractivity contribution in [1.82, 2.24) is 5.32 Å². The Morgan fingerprint density at radius 3 is 2.62 bits per heavy atom. The summed E-state index contributed by atoms with van der Waals surface area (Å²) in [5.41, 5.74) is 1.20. The second-order valence-electron chi connectivity index (χ2n) is 4.49. The number of nitrogens with one attached hydrogen (secondary N) is 1. The van der Waals surface area contributed by atoms with Gasteiger partial charge in [-0.25, -0.2) is 0 Å². The Hall–Kier alpha value is -1.02. The Morgan fingerprint density at radius 2 is 2.06 bits per heavy atom. The molecule has 16 heavy (non-hydrogen) atoms. The van der Waals surface area contributed by atoms with Gasteiger partial charge in [0.15, 0.2) is 0 Å². The fourth-order valence-electron chi connectivity index (χ4n) is 1.80. The van der Waals surface area contributed by atoms with Crippen LogP contribution >= 0.6 is 11.6 Å². The fraction of sp³-hybridized carbons (Fsp3) is 0.462. The highest BCUT2D eigenvalue weighted by Gasteiger charge is 2.38. The molecule has 0 spiro atoms. The molecule has 0 bridgehead atoms. The summed E-state index contributed by atoms with van der Waals surface area (Å²) in [5.74, 6) is 1.06. The van der Waals surface area contributed by atoms with E-state index in [0.29, 0.717) is 12.5 Å². The zero-order chi connectivity index (χ0) is 11.5. The molecule has 2 atom stereocenters. The van der Waals surface area contributed by atoms with E-state index in [1.165, 1.54) is 5.56 Å². The van der Waals surface area contributed by atoms with Crippen molar-refractivity contribution >= 4 is 17.5 Å². The number of rotatable bonds is 4. The highest BCUT2D eigenvalue weighted by molar-refractivity contribution is 6.30. The first-order valence-corrected chi connectivity index (χ1v) is 6.07. The Labute approximate surface area is 101 Å². The number of carbonyl (C=O) groups is 1. The highest BCUT2D eigenvalue weighted by Crippen LogP contribution is 2.37. The quantitative estimate of drug-likeness (QED) is 0.857. The molecule has 2 nitrogen and oxygen atoms in total. The second kappa shape index (κ2) is 4.88. The van der Waals surface area contributed by atoms with Crippen LogP contribution in [-0.4, -0.2) is 12.5 Å². The molecule has 0 heterocycles. The summed E-state index contributed by atoms with van der Waals surface area (Å²) in [5, 5.41) is 3.72. The van der Waals surface area contributed by atoms with Crippen LogP contribution in [0.4, 0.5) is 0 Å². The fourth-order valence-corrected chi connectivity index (χ4v) is 1.93. The first kappa shape index (κ1) is 11.5. The van der Waals surface area contributed by atoms with Crippen LogP contribution in [0.25, 0.3) is 0 Å². The van der Waals surface area contributed by atoms with E-state index in [1.54, 1.807) is 0 Å². The van der Waals surface area contributed by atoms with Gasteiger partial charge in [0.05, 0.1) is 0 Å². The summed E-state index contributed by atoms with van der Waals surface area (Å²) in [6.45, 7) is 2.83. The zero-order valence-electron chi connectivity index (χ0n) is 9.37. The van der Waals surface area contributed by atoms with E-state index in [2.05, 4.69) is 12.2 Å². The second-order valence-corrected chi connectivity index (χ2v) is 4.92. The lowest BCUT2D eigenvalue weighted by molar-refractivity contribution is -0.122. The van der Waals surface area contributed by atoms with Crippen molar-refractivity contribution in [3.8, 4) is 0 Å². The van der Waals surface area contributed by atoms with Crippen LogP contribution in [0, 0.1) is 11.8 Å². The highest BCUT2D eigenvalue weighted by atomic mass is 35.5. The molecule has 0 aromatic heterocycles. The van der Waals surface area contributed by atoms with Crippen molar-refractivity contribution in [3.05, 3.63) is 34.9 Å². The number of hydrogen-bond donors (Lipinski definition) is 1. The van der Waals surface area contributed by atoms with Crippen LogP contribution in [0.1, 0.15) is 18.9 Å². The Morgan fingerprint density at radius 1 is 1.44 bits per heavy atom. The van der Waals surface area contributed by atoms with Crippen molar-refractivity contribution in [3.63, 3.8) is 0 Å². The van der Waals surface area contributed by atoms with Gasteiger partial charge in [0.25, 0.3) is 0 Å². The third-order valence-electron chi connectivity index (χ3n) is 3.07. The van der Waals surface area contributed by atoms with Gasteiger partial charge in [-0.1, -0.05) is 30.7 Å². The average Bonchev–Trinajstić information content (AvgIpc) is 2.98. The molecule has 2 rings (SSSR count). The maximum absolute atomic E-state index is 11.5. The molecule has 1 N–H and O–H groups in total. The molecular weight excluding hydrogens is 222 g/mol. The maximum Gasteiger partial charge on any atom is 0.223 e. The summed E-state index contributed by atoms with van der Waals surface area (Å²) in [6.07, 6.45) is 1.91. The van der Waals surface area contributed by atoms with E-state index >= 15 is 0 Å². The lowest BCUT2D eigenvalue weighted by Crippen LogP contribution is -2.27. The van der Waals surface area contributed by atoms with Crippen molar-refractivity contribution in [2.45, 2.75) is 19.8 Å². The number of halogens is 1. The molecule has 1 saturated carbocycles. The molecule has 3 heteroatoms. The minimum absolute atomic E-state index is 0.210. The standard InChI is InChI=1S/C13H16ClNO/c1-9-8-12(9)13(16)15-7-6-10-2-4-11(14)5-3-10/h2-5,9,12H,6-8H2,1H3,(H,15,16)/t9-,12+/m1/s1. The van der Waals surface area contributed by atoms with Gasteiger partial charge in [0.1, 0.15) is 0 Å². The topological polar surface area (TPSA) is 29.1 Å². The first-order valence-electron chi connectivity index (χ1n) is 5.69. The van der Waals surface area contributed by atoms with E-state index in [9.17, 15) is 4.79 Å². The molecule has 0 saturated heterocycles. The van der Waals surface area contributed by atoms with Crippen molar-refractivity contribution in [2.75, 3.05) is 6.54 Å². The van der Waals surface area contributed by atoms with Gasteiger partial charge in [-0.2, -0.15) is 0 Å². The lowest BCUT2D eigenvalue weighted by Gasteiger charge is -2.04. The predicted octanol–water partition coefficient (Wildman–Crippen LogP) is 2.65. The maximum atomic E-state index is 11.5. The number of hydrogen-bond acceptors (Lipinski definition) is 1. The summed E-state index contributed by atoms with van der Waals surface area (Å²) in [4.78, 5) is 11.5. The van der Waals surface area contributed by atoms with Gasteiger partial charge in [0.2, 0.25) is 5.91 Å². The van der Waals surface area contributed by atoms with E-state index < -0.39 is 0 Å². The molecule has 1 amide bonds. The largest absolute Gasteiger partial charge is 0.356 e. The van der Waals surface area contributed by atoms with E-state index in [4.69, 9.17) is 11.6 Å². The van der Waals surface area contributed by atoms with Gasteiger partial charge < -0.3 is 5.32 Å². The molecule has 0 aliphatic heterocycles. The molecule has 1 aromatic carbocycles. The molecular formula is C13H16ClNO. The van der Waals surface area contributed by atoms with Crippen LogP contribution in [0.15, 0.2) is 24.3 Å². The molecule has 1 aliphatic carbocycles. The normalized spacial score (nSPS) is 22.9. The van der Waals surface area contributed by atoms with Gasteiger partial charge >= 0.3 is 0 Å². The van der Waals surface area contributed by atoms with Gasteiger partial charge in [-0.3, -0.25) is 4.79 Å². The van der Waals surface area contributed by atoms with E-state index in [0.717, 1.165) is 17.9 Å². The molecule has 1 aromatic rings. The third-order valence-corrected chi connectivity index (χ3v) is 3.32. The number of benzene rings is 1.